The van der Waals surface area contributed by atoms with E-state index in [1.165, 1.54) is 6.20 Å². The Morgan fingerprint density at radius 2 is 2.14 bits per heavy atom. The van der Waals surface area contributed by atoms with Crippen molar-refractivity contribution in [1.29, 1.82) is 0 Å². The van der Waals surface area contributed by atoms with E-state index in [2.05, 4.69) is 19.2 Å². The summed E-state index contributed by atoms with van der Waals surface area (Å²) >= 11 is 0. The van der Waals surface area contributed by atoms with Crippen LogP contribution in [0.25, 0.3) is 11.0 Å². The SMILES string of the molecule is CCOS(=O)(=O)Cc1nc2c(cnn2C2CCCC2)c(=O)[nH]1. The molecule has 1 aliphatic rings. The van der Waals surface area contributed by atoms with E-state index < -0.39 is 15.9 Å². The molecule has 0 bridgehead atoms. The minimum Gasteiger partial charge on any atom is -0.309 e. The first kappa shape index (κ1) is 15.2. The smallest absolute Gasteiger partial charge is 0.274 e. The zero-order chi connectivity index (χ0) is 15.7. The van der Waals surface area contributed by atoms with E-state index in [1.807, 2.05) is 0 Å². The van der Waals surface area contributed by atoms with E-state index in [9.17, 15) is 13.2 Å². The maximum Gasteiger partial charge on any atom is 0.274 e. The van der Waals surface area contributed by atoms with Crippen LogP contribution in [0.5, 0.6) is 0 Å². The van der Waals surface area contributed by atoms with Crippen molar-refractivity contribution in [2.45, 2.75) is 44.4 Å². The van der Waals surface area contributed by atoms with Crippen LogP contribution in [0.15, 0.2) is 11.0 Å². The van der Waals surface area contributed by atoms with Gasteiger partial charge < -0.3 is 4.98 Å². The van der Waals surface area contributed by atoms with Gasteiger partial charge >= 0.3 is 0 Å². The average Bonchev–Trinajstić information content (AvgIpc) is 3.05. The Morgan fingerprint density at radius 3 is 2.82 bits per heavy atom. The van der Waals surface area contributed by atoms with Crippen molar-refractivity contribution in [3.63, 3.8) is 0 Å². The van der Waals surface area contributed by atoms with E-state index in [0.717, 1.165) is 25.7 Å². The molecular formula is C13H18N4O4S. The topological polar surface area (TPSA) is 107 Å². The zero-order valence-corrected chi connectivity index (χ0v) is 13.1. The van der Waals surface area contributed by atoms with Crippen molar-refractivity contribution in [3.05, 3.63) is 22.4 Å². The summed E-state index contributed by atoms with van der Waals surface area (Å²) in [6.45, 7) is 1.64. The second-order valence-corrected chi connectivity index (χ2v) is 7.03. The van der Waals surface area contributed by atoms with E-state index in [4.69, 9.17) is 0 Å². The lowest BCUT2D eigenvalue weighted by atomic mass is 10.2. The first-order valence-corrected chi connectivity index (χ1v) is 8.91. The van der Waals surface area contributed by atoms with Gasteiger partial charge in [-0.1, -0.05) is 12.8 Å². The maximum absolute atomic E-state index is 12.1. The first-order valence-electron chi connectivity index (χ1n) is 7.33. The fourth-order valence-corrected chi connectivity index (χ4v) is 3.77. The van der Waals surface area contributed by atoms with Gasteiger partial charge in [-0.25, -0.2) is 9.67 Å². The van der Waals surface area contributed by atoms with E-state index >= 15 is 0 Å². The van der Waals surface area contributed by atoms with Gasteiger partial charge in [-0.3, -0.25) is 8.98 Å². The molecule has 1 N–H and O–H groups in total. The number of hydrogen-bond donors (Lipinski definition) is 1. The predicted molar refractivity (Wildman–Crippen MR) is 79.9 cm³/mol. The normalized spacial score (nSPS) is 16.6. The van der Waals surface area contributed by atoms with Crippen molar-refractivity contribution in [3.8, 4) is 0 Å². The van der Waals surface area contributed by atoms with Crippen LogP contribution in [-0.4, -0.2) is 34.8 Å². The van der Waals surface area contributed by atoms with Crippen LogP contribution < -0.4 is 5.56 Å². The minimum absolute atomic E-state index is 0.0504. The molecule has 0 aromatic carbocycles. The molecule has 2 aromatic rings. The van der Waals surface area contributed by atoms with Crippen LogP contribution in [0.4, 0.5) is 0 Å². The van der Waals surface area contributed by atoms with Gasteiger partial charge in [0.15, 0.2) is 5.65 Å². The molecule has 2 heterocycles. The molecule has 1 saturated carbocycles. The molecule has 0 atom stereocenters. The molecular weight excluding hydrogens is 308 g/mol. The molecule has 3 rings (SSSR count). The molecule has 2 aromatic heterocycles. The largest absolute Gasteiger partial charge is 0.309 e. The Labute approximate surface area is 127 Å². The molecule has 0 saturated heterocycles. The lowest BCUT2D eigenvalue weighted by Crippen LogP contribution is -2.18. The molecule has 0 spiro atoms. The van der Waals surface area contributed by atoms with Crippen LogP contribution in [0, 0.1) is 0 Å². The maximum atomic E-state index is 12.1. The fourth-order valence-electron chi connectivity index (χ4n) is 2.85. The highest BCUT2D eigenvalue weighted by Crippen LogP contribution is 2.30. The van der Waals surface area contributed by atoms with Crippen LogP contribution in [0.1, 0.15) is 44.5 Å². The number of H-pyrrole nitrogens is 1. The van der Waals surface area contributed by atoms with Gasteiger partial charge in [0.25, 0.3) is 15.7 Å². The van der Waals surface area contributed by atoms with Crippen LogP contribution in [0.3, 0.4) is 0 Å². The molecule has 0 amide bonds. The molecule has 8 nitrogen and oxygen atoms in total. The Bertz CT molecular complexity index is 833. The molecule has 0 radical (unpaired) electrons. The Kier molecular flexibility index (Phi) is 4.00. The number of aromatic nitrogens is 4. The Balaban J connectivity index is 2.02. The van der Waals surface area contributed by atoms with Gasteiger partial charge in [0, 0.05) is 0 Å². The van der Waals surface area contributed by atoms with Crippen molar-refractivity contribution in [1.82, 2.24) is 19.7 Å². The summed E-state index contributed by atoms with van der Waals surface area (Å²) in [5.74, 6) is -0.382. The zero-order valence-electron chi connectivity index (χ0n) is 12.3. The molecule has 120 valence electrons. The van der Waals surface area contributed by atoms with Crippen molar-refractivity contribution >= 4 is 21.2 Å². The lowest BCUT2D eigenvalue weighted by Gasteiger charge is -2.10. The van der Waals surface area contributed by atoms with E-state index in [-0.39, 0.29) is 24.0 Å². The highest BCUT2D eigenvalue weighted by molar-refractivity contribution is 7.85. The molecule has 0 unspecified atom stereocenters. The van der Waals surface area contributed by atoms with Gasteiger partial charge in [0.1, 0.15) is 17.0 Å². The number of nitrogens with one attached hydrogen (secondary N) is 1. The summed E-state index contributed by atoms with van der Waals surface area (Å²) in [5, 5.41) is 4.64. The Hall–Kier alpha value is -1.74. The number of rotatable bonds is 5. The van der Waals surface area contributed by atoms with Gasteiger partial charge in [0.05, 0.1) is 18.8 Å². The molecule has 1 fully saturated rings. The third-order valence-corrected chi connectivity index (χ3v) is 5.02. The van der Waals surface area contributed by atoms with Gasteiger partial charge in [0.2, 0.25) is 0 Å². The Morgan fingerprint density at radius 1 is 1.41 bits per heavy atom. The average molecular weight is 326 g/mol. The van der Waals surface area contributed by atoms with Gasteiger partial charge in [-0.15, -0.1) is 0 Å². The highest BCUT2D eigenvalue weighted by atomic mass is 32.2. The molecule has 22 heavy (non-hydrogen) atoms. The molecule has 0 aliphatic heterocycles. The van der Waals surface area contributed by atoms with Gasteiger partial charge in [-0.05, 0) is 19.8 Å². The fraction of sp³-hybridized carbons (Fsp3) is 0.615. The molecule has 1 aliphatic carbocycles. The summed E-state index contributed by atoms with van der Waals surface area (Å²) in [7, 11) is -3.75. The lowest BCUT2D eigenvalue weighted by molar-refractivity contribution is 0.337. The highest BCUT2D eigenvalue weighted by Gasteiger charge is 2.22. The predicted octanol–water partition coefficient (Wildman–Crippen LogP) is 1.10. The second kappa shape index (κ2) is 5.81. The van der Waals surface area contributed by atoms with Crippen LogP contribution in [-0.2, 0) is 20.1 Å². The number of fused-ring (bicyclic) bond motifs is 1. The van der Waals surface area contributed by atoms with Gasteiger partial charge in [-0.2, -0.15) is 13.5 Å². The van der Waals surface area contributed by atoms with Crippen molar-refractivity contribution in [2.24, 2.45) is 0 Å². The third-order valence-electron chi connectivity index (χ3n) is 3.79. The molecule has 9 heteroatoms. The van der Waals surface area contributed by atoms with E-state index in [1.54, 1.807) is 11.6 Å². The number of nitrogens with zero attached hydrogens (tertiary/aromatic N) is 3. The van der Waals surface area contributed by atoms with Crippen molar-refractivity contribution in [2.75, 3.05) is 6.61 Å². The summed E-state index contributed by atoms with van der Waals surface area (Å²) in [4.78, 5) is 18.9. The number of aromatic amines is 1. The summed E-state index contributed by atoms with van der Waals surface area (Å²) in [6.07, 6.45) is 5.73. The minimum atomic E-state index is -3.75. The van der Waals surface area contributed by atoms with Crippen molar-refractivity contribution < 1.29 is 12.6 Å². The van der Waals surface area contributed by atoms with E-state index in [0.29, 0.717) is 11.0 Å². The number of hydrogen-bond acceptors (Lipinski definition) is 6. The van der Waals surface area contributed by atoms with Crippen LogP contribution >= 0.6 is 0 Å². The standard InChI is InChI=1S/C13H18N4O4S/c1-2-21-22(19,20)8-11-15-12-10(13(18)16-11)7-14-17(12)9-5-3-4-6-9/h7,9H,2-6,8H2,1H3,(H,15,16,18). The quantitative estimate of drug-likeness (QED) is 0.825. The third kappa shape index (κ3) is 2.91. The summed E-state index contributed by atoms with van der Waals surface area (Å²) < 4.78 is 29.9. The monoisotopic (exact) mass is 326 g/mol. The second-order valence-electron chi connectivity index (χ2n) is 5.39. The summed E-state index contributed by atoms with van der Waals surface area (Å²) in [6, 6.07) is 0.225. The van der Waals surface area contributed by atoms with Crippen LogP contribution in [0.2, 0.25) is 0 Å². The summed E-state index contributed by atoms with van der Waals surface area (Å²) in [5.41, 5.74) is 0.0632. The first-order chi connectivity index (χ1) is 10.5.